The van der Waals surface area contributed by atoms with Crippen LogP contribution in [-0.2, 0) is 4.79 Å². The normalized spacial score (nSPS) is 19.5. The van der Waals surface area contributed by atoms with Crippen molar-refractivity contribution in [1.82, 2.24) is 10.2 Å². The number of nitrogens with zero attached hydrogens (tertiary/aromatic N) is 1. The monoisotopic (exact) mass is 433 g/mol. The molecule has 1 aliphatic carbocycles. The number of allylic oxidation sites excluding steroid dienone is 2. The number of rotatable bonds is 3. The van der Waals surface area contributed by atoms with Crippen molar-refractivity contribution in [2.45, 2.75) is 32.6 Å². The van der Waals surface area contributed by atoms with E-state index in [9.17, 15) is 4.79 Å². The highest BCUT2D eigenvalue weighted by Gasteiger charge is 2.43. The molecule has 6 heteroatoms. The topological polar surface area (TPSA) is 67.0 Å². The van der Waals surface area contributed by atoms with Crippen LogP contribution in [0, 0.1) is 5.41 Å². The van der Waals surface area contributed by atoms with E-state index >= 15 is 0 Å². The van der Waals surface area contributed by atoms with Crippen LogP contribution in [0.15, 0.2) is 59.8 Å². The SMILES string of the molecule is COc1ccc(-c2[nH]nc3c2C(c2ccccc2Cl)C2=C(CC(C)(C)CC2=O)N3)cc1. The Morgan fingerprint density at radius 1 is 1.10 bits per heavy atom. The number of aromatic nitrogens is 2. The highest BCUT2D eigenvalue weighted by atomic mass is 35.5. The molecule has 3 aromatic rings. The molecule has 0 saturated heterocycles. The van der Waals surface area contributed by atoms with E-state index in [1.54, 1.807) is 7.11 Å². The minimum atomic E-state index is -0.278. The third kappa shape index (κ3) is 3.33. The van der Waals surface area contributed by atoms with Gasteiger partial charge in [0, 0.05) is 39.8 Å². The van der Waals surface area contributed by atoms with Gasteiger partial charge < -0.3 is 10.1 Å². The van der Waals surface area contributed by atoms with E-state index in [2.05, 4.69) is 29.4 Å². The second-order valence-electron chi connectivity index (χ2n) is 9.00. The first-order valence-electron chi connectivity index (χ1n) is 10.4. The number of fused-ring (bicyclic) bond motifs is 1. The first-order valence-corrected chi connectivity index (χ1v) is 10.8. The number of carbonyl (C=O) groups is 1. The number of carbonyl (C=O) groups excluding carboxylic acids is 1. The second-order valence-corrected chi connectivity index (χ2v) is 9.41. The molecule has 2 aromatic carbocycles. The number of benzene rings is 2. The maximum Gasteiger partial charge on any atom is 0.162 e. The molecule has 0 amide bonds. The summed E-state index contributed by atoms with van der Waals surface area (Å²) in [5, 5.41) is 11.9. The lowest BCUT2D eigenvalue weighted by atomic mass is 9.69. The van der Waals surface area contributed by atoms with Gasteiger partial charge in [-0.1, -0.05) is 43.6 Å². The van der Waals surface area contributed by atoms with E-state index in [4.69, 9.17) is 16.3 Å². The minimum absolute atomic E-state index is 0.0967. The number of hydrogen-bond acceptors (Lipinski definition) is 4. The summed E-state index contributed by atoms with van der Waals surface area (Å²) in [7, 11) is 1.65. The van der Waals surface area contributed by atoms with E-state index in [1.807, 2.05) is 48.5 Å². The summed E-state index contributed by atoms with van der Waals surface area (Å²) in [5.74, 6) is 1.42. The Bertz CT molecular complexity index is 1210. The number of halogens is 1. The van der Waals surface area contributed by atoms with Crippen molar-refractivity contribution >= 4 is 23.2 Å². The average Bonchev–Trinajstić information content (AvgIpc) is 3.15. The Balaban J connectivity index is 1.73. The molecule has 5 rings (SSSR count). The lowest BCUT2D eigenvalue weighted by Crippen LogP contribution is -2.33. The van der Waals surface area contributed by atoms with Crippen LogP contribution in [0.25, 0.3) is 11.3 Å². The van der Waals surface area contributed by atoms with Gasteiger partial charge in [-0.2, -0.15) is 5.10 Å². The number of methoxy groups -OCH3 is 1. The largest absolute Gasteiger partial charge is 0.497 e. The van der Waals surface area contributed by atoms with Gasteiger partial charge in [-0.25, -0.2) is 0 Å². The standard InChI is InChI=1S/C25H24ClN3O2/c1-25(2)12-18-21(19(30)13-25)20(16-6-4-5-7-17(16)26)22-23(28-29-24(22)27-18)14-8-10-15(31-3)11-9-14/h4-11,20H,12-13H2,1-3H3,(H2,27,28,29). The molecular weight excluding hydrogens is 410 g/mol. The van der Waals surface area contributed by atoms with Crippen LogP contribution in [0.1, 0.15) is 43.7 Å². The summed E-state index contributed by atoms with van der Waals surface area (Å²) in [6.45, 7) is 4.26. The molecule has 1 aromatic heterocycles. The maximum absolute atomic E-state index is 13.4. The molecular formula is C25H24ClN3O2. The summed E-state index contributed by atoms with van der Waals surface area (Å²) in [4.78, 5) is 13.4. The van der Waals surface area contributed by atoms with Gasteiger partial charge in [-0.05, 0) is 47.7 Å². The van der Waals surface area contributed by atoms with Gasteiger partial charge in [0.1, 0.15) is 5.75 Å². The maximum atomic E-state index is 13.4. The number of H-pyrrole nitrogens is 1. The molecule has 1 unspecified atom stereocenters. The van der Waals surface area contributed by atoms with Crippen molar-refractivity contribution in [3.8, 4) is 17.0 Å². The van der Waals surface area contributed by atoms with Crippen molar-refractivity contribution in [3.05, 3.63) is 76.0 Å². The van der Waals surface area contributed by atoms with Crippen LogP contribution in [0.4, 0.5) is 5.82 Å². The fraction of sp³-hybridized carbons (Fsp3) is 0.280. The highest BCUT2D eigenvalue weighted by molar-refractivity contribution is 6.31. The number of ether oxygens (including phenoxy) is 1. The fourth-order valence-electron chi connectivity index (χ4n) is 4.79. The Morgan fingerprint density at radius 2 is 1.84 bits per heavy atom. The molecule has 31 heavy (non-hydrogen) atoms. The van der Waals surface area contributed by atoms with Gasteiger partial charge in [-0.15, -0.1) is 0 Å². The van der Waals surface area contributed by atoms with Gasteiger partial charge in [0.15, 0.2) is 11.6 Å². The molecule has 0 radical (unpaired) electrons. The van der Waals surface area contributed by atoms with Crippen molar-refractivity contribution in [3.63, 3.8) is 0 Å². The summed E-state index contributed by atoms with van der Waals surface area (Å²) < 4.78 is 5.30. The van der Waals surface area contributed by atoms with E-state index in [-0.39, 0.29) is 17.1 Å². The van der Waals surface area contributed by atoms with Crippen molar-refractivity contribution in [2.75, 3.05) is 12.4 Å². The second kappa shape index (κ2) is 7.27. The van der Waals surface area contributed by atoms with E-state index in [1.165, 1.54) is 0 Å². The first kappa shape index (κ1) is 19.9. The summed E-state index contributed by atoms with van der Waals surface area (Å²) in [6, 6.07) is 15.6. The van der Waals surface area contributed by atoms with Crippen LogP contribution in [-0.4, -0.2) is 23.1 Å². The predicted octanol–water partition coefficient (Wildman–Crippen LogP) is 5.94. The molecule has 158 valence electrons. The zero-order valence-electron chi connectivity index (χ0n) is 17.8. The van der Waals surface area contributed by atoms with Crippen LogP contribution in [0.5, 0.6) is 5.75 Å². The number of nitrogens with one attached hydrogen (secondary N) is 2. The van der Waals surface area contributed by atoms with Crippen molar-refractivity contribution < 1.29 is 9.53 Å². The van der Waals surface area contributed by atoms with Gasteiger partial charge in [0.2, 0.25) is 0 Å². The van der Waals surface area contributed by atoms with Gasteiger partial charge in [0.25, 0.3) is 0 Å². The van der Waals surface area contributed by atoms with Crippen LogP contribution >= 0.6 is 11.6 Å². The number of Topliss-reactive ketones (excluding diaryl/α,β-unsaturated/α-hetero) is 1. The molecule has 0 bridgehead atoms. The molecule has 0 saturated carbocycles. The molecule has 2 heterocycles. The molecule has 5 nitrogen and oxygen atoms in total. The summed E-state index contributed by atoms with van der Waals surface area (Å²) in [5.41, 5.74) is 5.37. The Labute approximate surface area is 186 Å². The zero-order valence-corrected chi connectivity index (χ0v) is 18.5. The highest BCUT2D eigenvalue weighted by Crippen LogP contribution is 2.51. The molecule has 1 atom stereocenters. The Morgan fingerprint density at radius 3 is 2.55 bits per heavy atom. The third-order valence-electron chi connectivity index (χ3n) is 6.17. The Hall–Kier alpha value is -3.05. The zero-order chi connectivity index (χ0) is 21.8. The molecule has 1 aliphatic heterocycles. The first-order chi connectivity index (χ1) is 14.9. The molecule has 2 aliphatic rings. The summed E-state index contributed by atoms with van der Waals surface area (Å²) in [6.07, 6.45) is 1.30. The third-order valence-corrected chi connectivity index (χ3v) is 6.51. The molecule has 0 spiro atoms. The predicted molar refractivity (Wildman–Crippen MR) is 123 cm³/mol. The Kier molecular flexibility index (Phi) is 4.67. The lowest BCUT2D eigenvalue weighted by Gasteiger charge is -2.38. The quantitative estimate of drug-likeness (QED) is 0.536. The number of anilines is 1. The molecule has 0 fully saturated rings. The molecule has 2 N–H and O–H groups in total. The van der Waals surface area contributed by atoms with Crippen LogP contribution < -0.4 is 10.1 Å². The van der Waals surface area contributed by atoms with Gasteiger partial charge in [0.05, 0.1) is 12.8 Å². The van der Waals surface area contributed by atoms with E-state index < -0.39 is 0 Å². The van der Waals surface area contributed by atoms with E-state index in [0.717, 1.165) is 51.6 Å². The lowest BCUT2D eigenvalue weighted by molar-refractivity contribution is -0.118. The smallest absolute Gasteiger partial charge is 0.162 e. The number of aromatic amines is 1. The average molecular weight is 434 g/mol. The fourth-order valence-corrected chi connectivity index (χ4v) is 5.04. The van der Waals surface area contributed by atoms with E-state index in [0.29, 0.717) is 11.4 Å². The van der Waals surface area contributed by atoms with Gasteiger partial charge >= 0.3 is 0 Å². The van der Waals surface area contributed by atoms with Crippen molar-refractivity contribution in [2.24, 2.45) is 5.41 Å². The van der Waals surface area contributed by atoms with Crippen LogP contribution in [0.3, 0.4) is 0 Å². The summed E-state index contributed by atoms with van der Waals surface area (Å²) >= 11 is 6.66. The van der Waals surface area contributed by atoms with Gasteiger partial charge in [-0.3, -0.25) is 9.89 Å². The van der Waals surface area contributed by atoms with Crippen molar-refractivity contribution in [1.29, 1.82) is 0 Å². The number of hydrogen-bond donors (Lipinski definition) is 2. The van der Waals surface area contributed by atoms with Crippen LogP contribution in [0.2, 0.25) is 5.02 Å². The minimum Gasteiger partial charge on any atom is -0.497 e. The number of ketones is 1.